The van der Waals surface area contributed by atoms with Crippen LogP contribution in [0.15, 0.2) is 23.8 Å². The first-order chi connectivity index (χ1) is 42.6. The van der Waals surface area contributed by atoms with Crippen LogP contribution in [0.1, 0.15) is 53.4 Å². The van der Waals surface area contributed by atoms with Gasteiger partial charge in [0.1, 0.15) is 65.7 Å². The zero-order chi connectivity index (χ0) is 70.3. The SMILES string of the molecule is CC(=O)OOC(=O)CC(O)(CC(=O)OOC(=O)/C=C/C(=O)OOC(=O)SS(=O)(=O)OC(=O)OOC(=O)/C(=C/C(=O)OOC(=O)CC(O)(CC(=O)OOC(C)=O)C(=O)OOC(C)=O)[C@@]1(OC2(CO)O[C@H](CO)[C@@H](O)[C@@H]2O)O[C@H](CO)[C@@H](O)[C@H](O)[C@H]1O)C(=O)OOC(C)=O. The summed E-state index contributed by atoms with van der Waals surface area (Å²) in [5.74, 6) is -33.5. The third kappa shape index (κ3) is 23.8. The standard InChI is InChI=1S/C42H46O48S2/c1-15(46)73-80-25(53)8-39(67,35(63)85-75-17(3)48)10-27(55)82-77-22(50)5-6-23(51)78-88-38(66)91-92(69,70)89-37(65)87-84-34(62)19(7-24(52)79-83-28(56)11-40(68,36(64)86-76-18(4)49)9-26(54)81-74-16(2)47)42(33(61)31(59)29(57)20(12-43)72-42)90-41(14-45)32(60)30(58)21(13-44)71-41/h5-7,20-21,29-33,43-45,57-61,67-68H,8-14H2,1-4H3/b6-5+,19-7-/t20-,21-,29-,30-,31+,32+,33-,39?,40?,41?,42+/m1/s1. The first kappa shape index (κ1) is 78.7. The molecule has 2 rings (SSSR count). The molecule has 48 nitrogen and oxygen atoms in total. The molecule has 2 aliphatic rings. The van der Waals surface area contributed by atoms with Crippen molar-refractivity contribution in [1.29, 1.82) is 0 Å². The van der Waals surface area contributed by atoms with E-state index in [9.17, 15) is 136 Å². The molecule has 2 heterocycles. The molecule has 92 heavy (non-hydrogen) atoms. The van der Waals surface area contributed by atoms with Crippen LogP contribution in [-0.4, -0.2) is 240 Å². The average molecular weight is 1380 g/mol. The molecule has 0 aliphatic carbocycles. The molecular weight excluding hydrogens is 1340 g/mol. The first-order valence-corrected chi connectivity index (χ1v) is 26.4. The van der Waals surface area contributed by atoms with Crippen molar-refractivity contribution in [3.63, 3.8) is 0 Å². The van der Waals surface area contributed by atoms with Gasteiger partial charge in [-0.15, -0.1) is 0 Å². The molecule has 0 spiro atoms. The Kier molecular flexibility index (Phi) is 29.7. The van der Waals surface area contributed by atoms with Gasteiger partial charge in [0.05, 0.1) is 38.9 Å². The Labute approximate surface area is 509 Å². The van der Waals surface area contributed by atoms with Crippen LogP contribution in [0.3, 0.4) is 0 Å². The maximum atomic E-state index is 13.9. The molecule has 2 aliphatic heterocycles. The summed E-state index contributed by atoms with van der Waals surface area (Å²) in [5, 5.41) is 104. The topological polar surface area (TPSA) is 694 Å². The monoisotopic (exact) mass is 1380 g/mol. The van der Waals surface area contributed by atoms with Gasteiger partial charge in [0.15, 0.2) is 11.2 Å². The molecule has 11 atom stereocenters. The highest BCUT2D eigenvalue weighted by Crippen LogP contribution is 2.45. The summed E-state index contributed by atoms with van der Waals surface area (Å²) in [5.41, 5.74) is -9.07. The van der Waals surface area contributed by atoms with E-state index in [1.54, 1.807) is 0 Å². The van der Waals surface area contributed by atoms with E-state index in [0.29, 0.717) is 20.8 Å². The Morgan fingerprint density at radius 2 is 0.870 bits per heavy atom. The third-order valence-corrected chi connectivity index (χ3v) is 12.0. The minimum atomic E-state index is -5.88. The van der Waals surface area contributed by atoms with Crippen molar-refractivity contribution in [2.24, 2.45) is 0 Å². The molecule has 3 unspecified atom stereocenters. The summed E-state index contributed by atoms with van der Waals surface area (Å²) in [7, 11) is -7.13. The smallest absolute Gasteiger partial charge is 0.394 e. The third-order valence-electron chi connectivity index (χ3n) is 10.0. The lowest BCUT2D eigenvalue weighted by molar-refractivity contribution is -0.420. The normalized spacial score (nSPS) is 23.1. The minimum absolute atomic E-state index is 0.00468. The predicted molar refractivity (Wildman–Crippen MR) is 252 cm³/mol. The van der Waals surface area contributed by atoms with Crippen LogP contribution in [-0.2, 0) is 173 Å². The van der Waals surface area contributed by atoms with Gasteiger partial charge in [0, 0.05) is 45.9 Å². The van der Waals surface area contributed by atoms with Crippen molar-refractivity contribution in [1.82, 2.24) is 0 Å². The van der Waals surface area contributed by atoms with E-state index in [0.717, 1.165) is 6.92 Å². The highest BCUT2D eigenvalue weighted by molar-refractivity contribution is 8.76. The lowest BCUT2D eigenvalue weighted by atomic mass is 9.87. The molecule has 0 aromatic rings. The number of carbonyl (C=O) groups is 16. The maximum absolute atomic E-state index is 13.9. The molecule has 0 bridgehead atoms. The van der Waals surface area contributed by atoms with Crippen molar-refractivity contribution < 1.29 is 233 Å². The molecule has 0 aromatic carbocycles. The molecule has 2 fully saturated rings. The average Bonchev–Trinajstić information content (AvgIpc) is 1.23. The second kappa shape index (κ2) is 34.7. The van der Waals surface area contributed by atoms with Gasteiger partial charge < -0.3 is 69.5 Å². The molecule has 0 saturated carbocycles. The Balaban J connectivity index is 2.39. The summed E-state index contributed by atoms with van der Waals surface area (Å²) in [4.78, 5) is 257. The highest BCUT2D eigenvalue weighted by atomic mass is 33.1. The van der Waals surface area contributed by atoms with Gasteiger partial charge in [-0.3, -0.25) is 0 Å². The highest BCUT2D eigenvalue weighted by Gasteiger charge is 2.66. The molecule has 514 valence electrons. The number of hydrogen-bond donors (Lipinski definition) is 10. The molecule has 10 N–H and O–H groups in total. The Bertz CT molecular complexity index is 3000. The van der Waals surface area contributed by atoms with Crippen LogP contribution in [0, 0.1) is 0 Å². The molecule has 0 amide bonds. The molecule has 2 saturated heterocycles. The van der Waals surface area contributed by atoms with Crippen LogP contribution < -0.4 is 0 Å². The van der Waals surface area contributed by atoms with Crippen molar-refractivity contribution in [2.75, 3.05) is 19.8 Å². The van der Waals surface area contributed by atoms with Gasteiger partial charge >= 0.3 is 104 Å². The summed E-state index contributed by atoms with van der Waals surface area (Å²) < 4.78 is 44.7. The van der Waals surface area contributed by atoms with Gasteiger partial charge in [-0.25, -0.2) is 150 Å². The number of aliphatic hydroxyl groups is 10. The fourth-order valence-electron chi connectivity index (χ4n) is 6.27. The zero-order valence-corrected chi connectivity index (χ0v) is 47.7. The summed E-state index contributed by atoms with van der Waals surface area (Å²) in [6, 6.07) is 0. The number of carbonyl (C=O) groups excluding carboxylic acids is 16. The van der Waals surface area contributed by atoms with E-state index in [1.807, 2.05) is 0 Å². The predicted octanol–water partition coefficient (Wildman–Crippen LogP) is -9.25. The van der Waals surface area contributed by atoms with E-state index in [1.165, 1.54) is 0 Å². The van der Waals surface area contributed by atoms with Gasteiger partial charge in [-0.05, 0) is 0 Å². The maximum Gasteiger partial charge on any atom is 0.566 e. The zero-order valence-electron chi connectivity index (χ0n) is 46.0. The molecular formula is C42H46O48S2. The van der Waals surface area contributed by atoms with Crippen LogP contribution in [0.5, 0.6) is 0 Å². The van der Waals surface area contributed by atoms with Crippen LogP contribution >= 0.6 is 10.8 Å². The first-order valence-electron chi connectivity index (χ1n) is 23.6. The van der Waals surface area contributed by atoms with Crippen LogP contribution in [0.2, 0.25) is 0 Å². The van der Waals surface area contributed by atoms with E-state index in [4.69, 9.17) is 14.2 Å². The van der Waals surface area contributed by atoms with E-state index in [-0.39, 0.29) is 12.2 Å². The molecule has 0 radical (unpaired) electrons. The lowest BCUT2D eigenvalue weighted by Gasteiger charge is -2.51. The fourth-order valence-corrected chi connectivity index (χ4v) is 7.58. The minimum Gasteiger partial charge on any atom is -0.394 e. The van der Waals surface area contributed by atoms with Gasteiger partial charge in [-0.2, -0.15) is 13.2 Å². The number of hydrogen-bond acceptors (Lipinski definition) is 49. The second-order valence-electron chi connectivity index (χ2n) is 17.1. The van der Waals surface area contributed by atoms with Gasteiger partial charge in [0.25, 0.3) is 0 Å². The quantitative estimate of drug-likeness (QED) is 0.0208. The van der Waals surface area contributed by atoms with E-state index in [2.05, 4.69) is 82.4 Å². The van der Waals surface area contributed by atoms with E-state index < -0.39 is 238 Å². The number of aliphatic hydroxyl groups excluding tert-OH is 8. The van der Waals surface area contributed by atoms with Gasteiger partial charge in [0.2, 0.25) is 11.6 Å². The summed E-state index contributed by atoms with van der Waals surface area (Å²) >= 11 is 0. The fraction of sp³-hybridized carbons (Fsp3) is 0.524. The second-order valence-corrected chi connectivity index (χ2v) is 20.3. The Hall–Kier alpha value is -9.42. The number of ether oxygens (including phenoxy) is 3. The Morgan fingerprint density at radius 3 is 1.27 bits per heavy atom. The summed E-state index contributed by atoms with van der Waals surface area (Å²) in [6.07, 6.45) is -28.4. The van der Waals surface area contributed by atoms with E-state index >= 15 is 0 Å². The molecule has 50 heteroatoms. The largest absolute Gasteiger partial charge is 0.566 e. The van der Waals surface area contributed by atoms with Crippen LogP contribution in [0.25, 0.3) is 0 Å². The Morgan fingerprint density at radius 1 is 0.478 bits per heavy atom. The molecule has 0 aromatic heterocycles. The summed E-state index contributed by atoms with van der Waals surface area (Å²) in [6.45, 7) is -1.87. The van der Waals surface area contributed by atoms with Crippen molar-refractivity contribution >= 4 is 115 Å². The van der Waals surface area contributed by atoms with Crippen LogP contribution in [0.4, 0.5) is 9.59 Å². The van der Waals surface area contributed by atoms with Crippen molar-refractivity contribution in [3.8, 4) is 0 Å². The van der Waals surface area contributed by atoms with Gasteiger partial charge in [-0.1, -0.05) is 0 Å². The number of rotatable bonds is 22. The van der Waals surface area contributed by atoms with Crippen molar-refractivity contribution in [2.45, 2.75) is 119 Å². The van der Waals surface area contributed by atoms with Crippen molar-refractivity contribution in [3.05, 3.63) is 23.8 Å². The lowest BCUT2D eigenvalue weighted by Crippen LogP contribution is -2.70.